The Labute approximate surface area is 74.9 Å². The van der Waals surface area contributed by atoms with E-state index in [-0.39, 0.29) is 6.42 Å². The zero-order chi connectivity index (χ0) is 10.3. The van der Waals surface area contributed by atoms with Gasteiger partial charge in [-0.2, -0.15) is 0 Å². The molecule has 0 radical (unpaired) electrons. The normalized spacial score (nSPS) is 12.0. The Morgan fingerprint density at radius 2 is 1.46 bits per heavy atom. The van der Waals surface area contributed by atoms with E-state index in [9.17, 15) is 17.9 Å². The summed E-state index contributed by atoms with van der Waals surface area (Å²) in [5.74, 6) is 0. The first-order valence-corrected chi connectivity index (χ1v) is 4.31. The van der Waals surface area contributed by atoms with E-state index >= 15 is 0 Å². The van der Waals surface area contributed by atoms with Crippen LogP contribution in [0.2, 0.25) is 0 Å². The van der Waals surface area contributed by atoms with Gasteiger partial charge in [0.25, 0.3) is 0 Å². The third-order valence-electron chi connectivity index (χ3n) is 1.77. The molecule has 0 aromatic carbocycles. The van der Waals surface area contributed by atoms with E-state index in [0.29, 0.717) is 12.8 Å². The lowest BCUT2D eigenvalue weighted by molar-refractivity contribution is -0.319. The standard InChI is InChI=1S/C7H14F4N2/c1-2-3-4-5-6-7(12(8)9)13(10)11/h7H,2-6H2,1H3. The summed E-state index contributed by atoms with van der Waals surface area (Å²) >= 11 is 0. The topological polar surface area (TPSA) is 6.48 Å². The summed E-state index contributed by atoms with van der Waals surface area (Å²) in [6, 6.07) is 0. The molecule has 0 spiro atoms. The summed E-state index contributed by atoms with van der Waals surface area (Å²) in [7, 11) is 0. The van der Waals surface area contributed by atoms with Crippen molar-refractivity contribution in [3.8, 4) is 0 Å². The molecule has 80 valence electrons. The van der Waals surface area contributed by atoms with Crippen LogP contribution in [-0.2, 0) is 0 Å². The maximum Gasteiger partial charge on any atom is 0.185 e. The Morgan fingerprint density at radius 1 is 0.923 bits per heavy atom. The van der Waals surface area contributed by atoms with Crippen molar-refractivity contribution in [3.05, 3.63) is 0 Å². The van der Waals surface area contributed by atoms with E-state index in [1.54, 1.807) is 0 Å². The van der Waals surface area contributed by atoms with E-state index in [4.69, 9.17) is 0 Å². The molecule has 0 bridgehead atoms. The highest BCUT2D eigenvalue weighted by Gasteiger charge is 2.26. The molecule has 0 saturated carbocycles. The second-order valence-electron chi connectivity index (χ2n) is 2.85. The van der Waals surface area contributed by atoms with E-state index in [1.807, 2.05) is 6.92 Å². The number of halogens is 4. The summed E-state index contributed by atoms with van der Waals surface area (Å²) in [6.45, 7) is 1.96. The molecule has 0 rings (SSSR count). The molecular weight excluding hydrogens is 188 g/mol. The fraction of sp³-hybridized carbons (Fsp3) is 1.00. The lowest BCUT2D eigenvalue weighted by atomic mass is 10.1. The molecule has 0 atom stereocenters. The third-order valence-corrected chi connectivity index (χ3v) is 1.77. The monoisotopic (exact) mass is 202 g/mol. The number of nitrogens with zero attached hydrogens (tertiary/aromatic N) is 2. The number of rotatable bonds is 7. The minimum Gasteiger partial charge on any atom is -0.0996 e. The molecule has 6 heteroatoms. The highest BCUT2D eigenvalue weighted by molar-refractivity contribution is 4.52. The van der Waals surface area contributed by atoms with Crippen LogP contribution < -0.4 is 0 Å². The maximum atomic E-state index is 11.8. The van der Waals surface area contributed by atoms with Crippen LogP contribution in [0.1, 0.15) is 39.0 Å². The smallest absolute Gasteiger partial charge is 0.0996 e. The minimum absolute atomic E-state index is 0.208. The van der Waals surface area contributed by atoms with Crippen molar-refractivity contribution in [2.45, 2.75) is 45.2 Å². The van der Waals surface area contributed by atoms with Gasteiger partial charge >= 0.3 is 0 Å². The molecule has 0 aromatic heterocycles. The van der Waals surface area contributed by atoms with Crippen LogP contribution in [0.3, 0.4) is 0 Å². The van der Waals surface area contributed by atoms with Gasteiger partial charge < -0.3 is 0 Å². The van der Waals surface area contributed by atoms with Crippen molar-refractivity contribution in [1.82, 2.24) is 10.7 Å². The summed E-state index contributed by atoms with van der Waals surface area (Å²) in [5.41, 5.74) is 0. The number of hydrogen-bond acceptors (Lipinski definition) is 2. The van der Waals surface area contributed by atoms with Crippen molar-refractivity contribution in [2.24, 2.45) is 0 Å². The maximum absolute atomic E-state index is 11.8. The molecule has 0 aliphatic carbocycles. The third kappa shape index (κ3) is 5.81. The molecule has 13 heavy (non-hydrogen) atoms. The Hall–Kier alpha value is -0.360. The molecule has 0 amide bonds. The van der Waals surface area contributed by atoms with E-state index in [0.717, 1.165) is 12.8 Å². The average Bonchev–Trinajstić information content (AvgIpc) is 2.02. The molecule has 0 aliphatic rings. The van der Waals surface area contributed by atoms with Gasteiger partial charge in [-0.25, -0.2) is 0 Å². The predicted octanol–water partition coefficient (Wildman–Crippen LogP) is 3.42. The zero-order valence-corrected chi connectivity index (χ0v) is 7.52. The Bertz CT molecular complexity index is 113. The Kier molecular flexibility index (Phi) is 6.89. The minimum atomic E-state index is -2.06. The lowest BCUT2D eigenvalue weighted by Crippen LogP contribution is -2.31. The van der Waals surface area contributed by atoms with Crippen LogP contribution in [0, 0.1) is 0 Å². The van der Waals surface area contributed by atoms with Crippen LogP contribution in [0.15, 0.2) is 0 Å². The fourth-order valence-corrected chi connectivity index (χ4v) is 1.01. The molecule has 0 unspecified atom stereocenters. The van der Waals surface area contributed by atoms with Gasteiger partial charge in [0, 0.05) is 10.7 Å². The van der Waals surface area contributed by atoms with Crippen LogP contribution in [-0.4, -0.2) is 16.9 Å². The van der Waals surface area contributed by atoms with Gasteiger partial charge in [-0.05, 0) is 6.42 Å². The van der Waals surface area contributed by atoms with Gasteiger partial charge in [-0.1, -0.05) is 50.5 Å². The molecular formula is C7H14F4N2. The van der Waals surface area contributed by atoms with Crippen molar-refractivity contribution < 1.29 is 17.9 Å². The van der Waals surface area contributed by atoms with Gasteiger partial charge in [0.1, 0.15) is 0 Å². The van der Waals surface area contributed by atoms with Gasteiger partial charge in [0.2, 0.25) is 0 Å². The molecule has 0 N–H and O–H groups in total. The summed E-state index contributed by atoms with van der Waals surface area (Å²) < 4.78 is 47.1. The van der Waals surface area contributed by atoms with Crippen molar-refractivity contribution in [3.63, 3.8) is 0 Å². The average molecular weight is 202 g/mol. The number of unbranched alkanes of at least 4 members (excludes halogenated alkanes) is 3. The van der Waals surface area contributed by atoms with E-state index in [2.05, 4.69) is 0 Å². The first kappa shape index (κ1) is 12.6. The van der Waals surface area contributed by atoms with Crippen molar-refractivity contribution in [1.29, 1.82) is 0 Å². The van der Waals surface area contributed by atoms with Crippen molar-refractivity contribution >= 4 is 0 Å². The Balaban J connectivity index is 3.58. The highest BCUT2D eigenvalue weighted by atomic mass is 19.4. The first-order valence-electron chi connectivity index (χ1n) is 4.31. The number of hydrogen-bond donors (Lipinski definition) is 0. The summed E-state index contributed by atoms with van der Waals surface area (Å²) in [5, 5.41) is -2.90. The SMILES string of the molecule is CCCCCCC(N(F)F)N(F)F. The molecule has 0 saturated heterocycles. The predicted molar refractivity (Wildman–Crippen MR) is 40.7 cm³/mol. The summed E-state index contributed by atoms with van der Waals surface area (Å²) in [4.78, 5) is 0. The van der Waals surface area contributed by atoms with E-state index < -0.39 is 16.9 Å². The van der Waals surface area contributed by atoms with Crippen LogP contribution >= 0.6 is 0 Å². The fourth-order valence-electron chi connectivity index (χ4n) is 1.01. The molecule has 0 fully saturated rings. The quantitative estimate of drug-likeness (QED) is 0.270. The second-order valence-corrected chi connectivity index (χ2v) is 2.85. The molecule has 0 aliphatic heterocycles. The van der Waals surface area contributed by atoms with Crippen LogP contribution in [0.5, 0.6) is 0 Å². The lowest BCUT2D eigenvalue weighted by Gasteiger charge is -2.15. The van der Waals surface area contributed by atoms with Gasteiger partial charge in [0.05, 0.1) is 0 Å². The second kappa shape index (κ2) is 7.08. The van der Waals surface area contributed by atoms with Gasteiger partial charge in [0.15, 0.2) is 6.17 Å². The first-order chi connectivity index (χ1) is 6.09. The largest absolute Gasteiger partial charge is 0.185 e. The van der Waals surface area contributed by atoms with Crippen LogP contribution in [0.4, 0.5) is 17.9 Å². The van der Waals surface area contributed by atoms with Crippen molar-refractivity contribution in [2.75, 3.05) is 0 Å². The molecule has 0 aromatic rings. The molecule has 0 heterocycles. The zero-order valence-electron chi connectivity index (χ0n) is 7.52. The molecule has 2 nitrogen and oxygen atoms in total. The Morgan fingerprint density at radius 3 is 1.85 bits per heavy atom. The highest BCUT2D eigenvalue weighted by Crippen LogP contribution is 2.16. The summed E-state index contributed by atoms with van der Waals surface area (Å²) in [6.07, 6.45) is 0.692. The van der Waals surface area contributed by atoms with Gasteiger partial charge in [-0.15, -0.1) is 0 Å². The van der Waals surface area contributed by atoms with E-state index in [1.165, 1.54) is 0 Å². The van der Waals surface area contributed by atoms with Gasteiger partial charge in [-0.3, -0.25) is 0 Å². The van der Waals surface area contributed by atoms with Crippen LogP contribution in [0.25, 0.3) is 0 Å².